The molecule has 4 rings (SSSR count). The first-order chi connectivity index (χ1) is 14.5. The average Bonchev–Trinajstić information content (AvgIpc) is 3.21. The summed E-state index contributed by atoms with van der Waals surface area (Å²) in [6, 6.07) is 9.41. The molecule has 158 valence electrons. The number of benzene rings is 2. The molecule has 0 aliphatic carbocycles. The van der Waals surface area contributed by atoms with Crippen LogP contribution in [0.4, 0.5) is 9.52 Å². The lowest BCUT2D eigenvalue weighted by Gasteiger charge is -2.27. The minimum absolute atomic E-state index is 0.190. The fourth-order valence-corrected chi connectivity index (χ4v) is 4.86. The lowest BCUT2D eigenvalue weighted by molar-refractivity contribution is 0.0376. The van der Waals surface area contributed by atoms with Crippen LogP contribution in [0.2, 0.25) is 5.02 Å². The quantitative estimate of drug-likeness (QED) is 0.546. The first-order valence-electron chi connectivity index (χ1n) is 9.96. The van der Waals surface area contributed by atoms with Crippen molar-refractivity contribution in [2.75, 3.05) is 44.3 Å². The zero-order valence-corrected chi connectivity index (χ0v) is 18.3. The van der Waals surface area contributed by atoms with Gasteiger partial charge >= 0.3 is 0 Å². The Labute approximate surface area is 184 Å². The maximum absolute atomic E-state index is 13.3. The molecule has 0 saturated carbocycles. The van der Waals surface area contributed by atoms with E-state index in [1.54, 1.807) is 4.90 Å². The molecule has 2 heterocycles. The van der Waals surface area contributed by atoms with Gasteiger partial charge in [0.15, 0.2) is 5.13 Å². The van der Waals surface area contributed by atoms with Gasteiger partial charge in [0.25, 0.3) is 5.91 Å². The number of ether oxygens (including phenoxy) is 1. The minimum Gasteiger partial charge on any atom is -0.379 e. The number of nitrogens with zero attached hydrogens (tertiary/aromatic N) is 3. The van der Waals surface area contributed by atoms with Crippen LogP contribution in [0.25, 0.3) is 10.2 Å². The number of hydrogen-bond acceptors (Lipinski definition) is 5. The van der Waals surface area contributed by atoms with E-state index in [4.69, 9.17) is 21.3 Å². The van der Waals surface area contributed by atoms with Gasteiger partial charge in [0.05, 0.1) is 28.5 Å². The van der Waals surface area contributed by atoms with E-state index in [2.05, 4.69) is 4.90 Å². The zero-order chi connectivity index (χ0) is 21.1. The van der Waals surface area contributed by atoms with Crippen LogP contribution in [0.15, 0.2) is 36.4 Å². The van der Waals surface area contributed by atoms with Crippen LogP contribution in [0.5, 0.6) is 0 Å². The zero-order valence-electron chi connectivity index (χ0n) is 16.7. The maximum atomic E-state index is 13.3. The number of anilines is 1. The first-order valence-corrected chi connectivity index (χ1v) is 11.2. The van der Waals surface area contributed by atoms with Gasteiger partial charge in [0.1, 0.15) is 5.82 Å². The fraction of sp³-hybridized carbons (Fsp3) is 0.364. The number of thiazole rings is 1. The molecule has 0 radical (unpaired) electrons. The third-order valence-electron chi connectivity index (χ3n) is 5.21. The number of carbonyl (C=O) groups excluding carboxylic acids is 1. The van der Waals surface area contributed by atoms with Gasteiger partial charge < -0.3 is 4.74 Å². The molecule has 0 spiro atoms. The predicted octanol–water partition coefficient (Wildman–Crippen LogP) is 4.77. The second kappa shape index (κ2) is 9.39. The van der Waals surface area contributed by atoms with Crippen LogP contribution in [-0.4, -0.2) is 55.2 Å². The lowest BCUT2D eigenvalue weighted by Crippen LogP contribution is -2.39. The largest absolute Gasteiger partial charge is 0.379 e. The van der Waals surface area contributed by atoms with E-state index < -0.39 is 0 Å². The molecule has 1 amide bonds. The summed E-state index contributed by atoms with van der Waals surface area (Å²) in [7, 11) is 0. The number of aromatic nitrogens is 1. The van der Waals surface area contributed by atoms with Gasteiger partial charge in [-0.05, 0) is 49.2 Å². The second-order valence-electron chi connectivity index (χ2n) is 7.31. The Balaban J connectivity index is 1.60. The van der Waals surface area contributed by atoms with E-state index in [0.29, 0.717) is 22.3 Å². The van der Waals surface area contributed by atoms with Crippen LogP contribution in [0.3, 0.4) is 0 Å². The normalized spacial score (nSPS) is 14.9. The Morgan fingerprint density at radius 1 is 1.23 bits per heavy atom. The van der Waals surface area contributed by atoms with Crippen molar-refractivity contribution in [1.82, 2.24) is 9.88 Å². The highest BCUT2D eigenvalue weighted by Gasteiger charge is 2.23. The highest BCUT2D eigenvalue weighted by molar-refractivity contribution is 7.23. The molecule has 8 heteroatoms. The molecule has 0 atom stereocenters. The van der Waals surface area contributed by atoms with Gasteiger partial charge in [-0.1, -0.05) is 29.0 Å². The summed E-state index contributed by atoms with van der Waals surface area (Å²) >= 11 is 7.79. The number of hydrogen-bond donors (Lipinski definition) is 0. The number of amides is 1. The molecule has 0 bridgehead atoms. The van der Waals surface area contributed by atoms with Crippen molar-refractivity contribution in [1.29, 1.82) is 0 Å². The third-order valence-corrected chi connectivity index (χ3v) is 6.75. The standard InChI is InChI=1S/C22H23ClFN3O2S/c1-15-3-8-18(23)20-19(15)25-22(30-20)27(10-2-9-26-11-13-29-14-12-26)21(28)16-4-6-17(24)7-5-16/h3-8H,2,9-14H2,1H3. The fourth-order valence-electron chi connectivity index (χ4n) is 3.52. The van der Waals surface area contributed by atoms with Crippen molar-refractivity contribution >= 4 is 44.2 Å². The van der Waals surface area contributed by atoms with Crippen molar-refractivity contribution < 1.29 is 13.9 Å². The molecule has 1 aromatic heterocycles. The van der Waals surface area contributed by atoms with Gasteiger partial charge in [-0.3, -0.25) is 14.6 Å². The molecule has 1 aliphatic rings. The van der Waals surface area contributed by atoms with E-state index in [1.165, 1.54) is 35.6 Å². The smallest absolute Gasteiger partial charge is 0.260 e. The number of rotatable bonds is 6. The van der Waals surface area contributed by atoms with Crippen LogP contribution in [0, 0.1) is 12.7 Å². The Morgan fingerprint density at radius 2 is 1.97 bits per heavy atom. The van der Waals surface area contributed by atoms with Crippen molar-refractivity contribution in [3.05, 3.63) is 58.4 Å². The molecule has 1 aliphatic heterocycles. The Kier molecular flexibility index (Phi) is 6.63. The summed E-state index contributed by atoms with van der Waals surface area (Å²) in [5, 5.41) is 1.24. The second-order valence-corrected chi connectivity index (χ2v) is 8.69. The highest BCUT2D eigenvalue weighted by atomic mass is 35.5. The van der Waals surface area contributed by atoms with Gasteiger partial charge in [0.2, 0.25) is 0 Å². The van der Waals surface area contributed by atoms with E-state index >= 15 is 0 Å². The monoisotopic (exact) mass is 447 g/mol. The summed E-state index contributed by atoms with van der Waals surface area (Å²) in [4.78, 5) is 22.0. The molecule has 1 saturated heterocycles. The first kappa shape index (κ1) is 21.2. The number of halogens is 2. The average molecular weight is 448 g/mol. The summed E-state index contributed by atoms with van der Waals surface area (Å²) in [5.74, 6) is -0.558. The van der Waals surface area contributed by atoms with Crippen LogP contribution < -0.4 is 4.90 Å². The molecule has 2 aromatic carbocycles. The molecular formula is C22H23ClFN3O2S. The summed E-state index contributed by atoms with van der Waals surface area (Å²) in [6.45, 7) is 6.67. The number of morpholine rings is 1. The number of carbonyl (C=O) groups is 1. The molecular weight excluding hydrogens is 425 g/mol. The Hall–Kier alpha value is -2.06. The number of aryl methyl sites for hydroxylation is 1. The molecule has 0 unspecified atom stereocenters. The predicted molar refractivity (Wildman–Crippen MR) is 119 cm³/mol. The van der Waals surface area contributed by atoms with Crippen LogP contribution in [-0.2, 0) is 4.74 Å². The van der Waals surface area contributed by atoms with Gasteiger partial charge in [-0.15, -0.1) is 0 Å². The van der Waals surface area contributed by atoms with E-state index in [-0.39, 0.29) is 11.7 Å². The number of fused-ring (bicyclic) bond motifs is 1. The summed E-state index contributed by atoms with van der Waals surface area (Å²) in [5.41, 5.74) is 2.26. The lowest BCUT2D eigenvalue weighted by atomic mass is 10.2. The summed E-state index contributed by atoms with van der Waals surface area (Å²) in [6.07, 6.45) is 0.801. The van der Waals surface area contributed by atoms with Crippen molar-refractivity contribution in [2.45, 2.75) is 13.3 Å². The van der Waals surface area contributed by atoms with Crippen molar-refractivity contribution in [2.24, 2.45) is 0 Å². The maximum Gasteiger partial charge on any atom is 0.260 e. The molecule has 30 heavy (non-hydrogen) atoms. The minimum atomic E-state index is -0.368. The van der Waals surface area contributed by atoms with Crippen LogP contribution >= 0.6 is 22.9 Å². The highest BCUT2D eigenvalue weighted by Crippen LogP contribution is 2.36. The Bertz CT molecular complexity index is 996. The van der Waals surface area contributed by atoms with Crippen molar-refractivity contribution in [3.8, 4) is 0 Å². The molecule has 5 nitrogen and oxygen atoms in total. The van der Waals surface area contributed by atoms with Crippen LogP contribution in [0.1, 0.15) is 22.3 Å². The van der Waals surface area contributed by atoms with E-state index in [0.717, 1.165) is 55.0 Å². The molecule has 0 N–H and O–H groups in total. The molecule has 3 aromatic rings. The molecule has 1 fully saturated rings. The SMILES string of the molecule is Cc1ccc(Cl)c2sc(N(CCCN3CCOCC3)C(=O)c3ccc(F)cc3)nc12. The van der Waals surface area contributed by atoms with E-state index in [9.17, 15) is 9.18 Å². The van der Waals surface area contributed by atoms with Crippen molar-refractivity contribution in [3.63, 3.8) is 0 Å². The van der Waals surface area contributed by atoms with Gasteiger partial charge in [0, 0.05) is 31.7 Å². The summed E-state index contributed by atoms with van der Waals surface area (Å²) < 4.78 is 19.6. The topological polar surface area (TPSA) is 45.7 Å². The van der Waals surface area contributed by atoms with Gasteiger partial charge in [-0.25, -0.2) is 9.37 Å². The van der Waals surface area contributed by atoms with Gasteiger partial charge in [-0.2, -0.15) is 0 Å². The Morgan fingerprint density at radius 3 is 2.67 bits per heavy atom. The van der Waals surface area contributed by atoms with E-state index in [1.807, 2.05) is 19.1 Å². The third kappa shape index (κ3) is 4.64.